The quantitative estimate of drug-likeness (QED) is 0.837. The van der Waals surface area contributed by atoms with E-state index >= 15 is 0 Å². The fourth-order valence-electron chi connectivity index (χ4n) is 4.60. The number of carbonyl (C=O) groups excluding carboxylic acids is 1. The number of hydrogen-bond acceptors (Lipinski definition) is 3. The molecule has 3 saturated heterocycles. The van der Waals surface area contributed by atoms with E-state index in [4.69, 9.17) is 4.74 Å². The molecule has 4 nitrogen and oxygen atoms in total. The molecular weight excluding hydrogens is 300 g/mol. The number of rotatable bonds is 2. The monoisotopic (exact) mass is 328 g/mol. The first-order valence-electron chi connectivity index (χ1n) is 9.52. The zero-order chi connectivity index (χ0) is 16.4. The summed E-state index contributed by atoms with van der Waals surface area (Å²) in [4.78, 5) is 17.9. The highest BCUT2D eigenvalue weighted by Gasteiger charge is 2.38. The molecule has 0 aromatic heterocycles. The molecule has 24 heavy (non-hydrogen) atoms. The Bertz CT molecular complexity index is 562. The summed E-state index contributed by atoms with van der Waals surface area (Å²) < 4.78 is 6.04. The average Bonchev–Trinajstić information content (AvgIpc) is 2.68. The van der Waals surface area contributed by atoms with Crippen LogP contribution in [0.15, 0.2) is 30.3 Å². The van der Waals surface area contributed by atoms with Crippen molar-refractivity contribution in [2.75, 3.05) is 32.8 Å². The molecule has 4 rings (SSSR count). The normalized spacial score (nSPS) is 31.5. The minimum Gasteiger partial charge on any atom is -0.373 e. The van der Waals surface area contributed by atoms with Crippen LogP contribution in [-0.2, 0) is 9.53 Å². The van der Waals surface area contributed by atoms with Crippen molar-refractivity contribution >= 4 is 5.91 Å². The first kappa shape index (κ1) is 16.1. The number of amides is 1. The van der Waals surface area contributed by atoms with Crippen molar-refractivity contribution in [1.82, 2.24) is 9.80 Å². The molecule has 0 N–H and O–H groups in total. The summed E-state index contributed by atoms with van der Waals surface area (Å²) >= 11 is 0. The van der Waals surface area contributed by atoms with Crippen molar-refractivity contribution in [3.63, 3.8) is 0 Å². The largest absolute Gasteiger partial charge is 0.373 e. The van der Waals surface area contributed by atoms with E-state index in [1.54, 1.807) is 0 Å². The lowest BCUT2D eigenvalue weighted by Gasteiger charge is -2.45. The Morgan fingerprint density at radius 1 is 1.00 bits per heavy atom. The second kappa shape index (κ2) is 7.24. The SMILES string of the molecule is O=C([C@@H]1CCCO[C@H]1c1ccccc1)N1CCN2CCCC[C@@H]2C1. The second-order valence-corrected chi connectivity index (χ2v) is 7.42. The van der Waals surface area contributed by atoms with E-state index < -0.39 is 0 Å². The van der Waals surface area contributed by atoms with Gasteiger partial charge in [0, 0.05) is 32.3 Å². The molecule has 0 radical (unpaired) electrons. The van der Waals surface area contributed by atoms with Gasteiger partial charge in [0.1, 0.15) is 0 Å². The minimum atomic E-state index is -0.0724. The van der Waals surface area contributed by atoms with Crippen molar-refractivity contribution in [2.45, 2.75) is 44.2 Å². The van der Waals surface area contributed by atoms with Crippen LogP contribution < -0.4 is 0 Å². The number of ether oxygens (including phenoxy) is 1. The Balaban J connectivity index is 1.47. The summed E-state index contributed by atoms with van der Waals surface area (Å²) in [7, 11) is 0. The number of carbonyl (C=O) groups is 1. The van der Waals surface area contributed by atoms with E-state index in [0.29, 0.717) is 11.9 Å². The molecule has 3 aliphatic rings. The summed E-state index contributed by atoms with van der Waals surface area (Å²) in [5, 5.41) is 0. The van der Waals surface area contributed by atoms with E-state index in [-0.39, 0.29) is 12.0 Å². The highest BCUT2D eigenvalue weighted by atomic mass is 16.5. The van der Waals surface area contributed by atoms with E-state index in [9.17, 15) is 4.79 Å². The molecule has 3 fully saturated rings. The molecule has 0 spiro atoms. The second-order valence-electron chi connectivity index (χ2n) is 7.42. The van der Waals surface area contributed by atoms with Crippen LogP contribution in [0.3, 0.4) is 0 Å². The van der Waals surface area contributed by atoms with E-state index in [0.717, 1.165) is 44.6 Å². The lowest BCUT2D eigenvalue weighted by molar-refractivity contribution is -0.149. The molecule has 1 aromatic carbocycles. The smallest absolute Gasteiger partial charge is 0.228 e. The number of piperazine rings is 1. The maximum Gasteiger partial charge on any atom is 0.228 e. The Labute approximate surface area is 144 Å². The molecule has 3 heterocycles. The first-order chi connectivity index (χ1) is 11.8. The summed E-state index contributed by atoms with van der Waals surface area (Å²) in [6.45, 7) is 4.82. The van der Waals surface area contributed by atoms with Crippen LogP contribution in [0.1, 0.15) is 43.8 Å². The Morgan fingerprint density at radius 3 is 2.75 bits per heavy atom. The summed E-state index contributed by atoms with van der Waals surface area (Å²) in [5.74, 6) is 0.296. The Kier molecular flexibility index (Phi) is 4.86. The number of benzene rings is 1. The van der Waals surface area contributed by atoms with Gasteiger partial charge in [-0.05, 0) is 37.8 Å². The highest BCUT2D eigenvalue weighted by Crippen LogP contribution is 2.35. The van der Waals surface area contributed by atoms with Crippen molar-refractivity contribution < 1.29 is 9.53 Å². The van der Waals surface area contributed by atoms with Gasteiger partial charge < -0.3 is 9.64 Å². The molecule has 1 amide bonds. The third-order valence-corrected chi connectivity index (χ3v) is 5.92. The predicted octanol–water partition coefficient (Wildman–Crippen LogP) is 2.85. The maximum atomic E-state index is 13.2. The molecule has 4 heteroatoms. The number of hydrogen-bond donors (Lipinski definition) is 0. The zero-order valence-electron chi connectivity index (χ0n) is 14.4. The van der Waals surface area contributed by atoms with Crippen LogP contribution in [0.2, 0.25) is 0 Å². The van der Waals surface area contributed by atoms with Crippen LogP contribution >= 0.6 is 0 Å². The number of nitrogens with zero attached hydrogens (tertiary/aromatic N) is 2. The molecule has 3 atom stereocenters. The van der Waals surface area contributed by atoms with Gasteiger partial charge in [0.25, 0.3) is 0 Å². The minimum absolute atomic E-state index is 0.0173. The van der Waals surface area contributed by atoms with Crippen molar-refractivity contribution in [3.8, 4) is 0 Å². The van der Waals surface area contributed by atoms with Gasteiger partial charge in [-0.15, -0.1) is 0 Å². The standard InChI is InChI=1S/C20H28N2O2/c23-20(22-13-12-21-11-5-4-9-17(21)15-22)18-10-6-14-24-19(18)16-7-2-1-3-8-16/h1-3,7-8,17-19H,4-6,9-15H2/t17-,18-,19+/m1/s1. The van der Waals surface area contributed by atoms with Crippen LogP contribution in [0.25, 0.3) is 0 Å². The van der Waals surface area contributed by atoms with Gasteiger partial charge in [0.2, 0.25) is 5.91 Å². The van der Waals surface area contributed by atoms with E-state index in [2.05, 4.69) is 21.9 Å². The molecule has 1 aromatic rings. The van der Waals surface area contributed by atoms with Gasteiger partial charge >= 0.3 is 0 Å². The molecule has 0 unspecified atom stereocenters. The van der Waals surface area contributed by atoms with Gasteiger partial charge in [0.15, 0.2) is 0 Å². The molecular formula is C20H28N2O2. The average molecular weight is 328 g/mol. The Morgan fingerprint density at radius 2 is 1.88 bits per heavy atom. The lowest BCUT2D eigenvalue weighted by atomic mass is 9.87. The Hall–Kier alpha value is -1.39. The summed E-state index contributed by atoms with van der Waals surface area (Å²) in [6.07, 6.45) is 5.73. The fraction of sp³-hybridized carbons (Fsp3) is 0.650. The third kappa shape index (κ3) is 3.22. The van der Waals surface area contributed by atoms with Gasteiger partial charge in [-0.2, -0.15) is 0 Å². The van der Waals surface area contributed by atoms with Gasteiger partial charge in [0.05, 0.1) is 12.0 Å². The highest BCUT2D eigenvalue weighted by molar-refractivity contribution is 5.80. The van der Waals surface area contributed by atoms with Crippen LogP contribution in [-0.4, -0.2) is 54.5 Å². The predicted molar refractivity (Wildman–Crippen MR) is 93.7 cm³/mol. The van der Waals surface area contributed by atoms with Gasteiger partial charge in [-0.3, -0.25) is 9.69 Å². The van der Waals surface area contributed by atoms with E-state index in [1.165, 1.54) is 25.8 Å². The van der Waals surface area contributed by atoms with E-state index in [1.807, 2.05) is 18.2 Å². The molecule has 130 valence electrons. The van der Waals surface area contributed by atoms with Crippen molar-refractivity contribution in [3.05, 3.63) is 35.9 Å². The van der Waals surface area contributed by atoms with Crippen LogP contribution in [0.5, 0.6) is 0 Å². The fourth-order valence-corrected chi connectivity index (χ4v) is 4.60. The number of piperidine rings is 1. The number of fused-ring (bicyclic) bond motifs is 1. The van der Waals surface area contributed by atoms with Crippen molar-refractivity contribution in [1.29, 1.82) is 0 Å². The zero-order valence-corrected chi connectivity index (χ0v) is 14.4. The lowest BCUT2D eigenvalue weighted by Crippen LogP contribution is -2.57. The van der Waals surface area contributed by atoms with Crippen LogP contribution in [0.4, 0.5) is 0 Å². The molecule has 0 bridgehead atoms. The van der Waals surface area contributed by atoms with Crippen LogP contribution in [0, 0.1) is 5.92 Å². The van der Waals surface area contributed by atoms with Gasteiger partial charge in [-0.25, -0.2) is 0 Å². The first-order valence-corrected chi connectivity index (χ1v) is 9.52. The third-order valence-electron chi connectivity index (χ3n) is 5.92. The maximum absolute atomic E-state index is 13.2. The molecule has 0 saturated carbocycles. The topological polar surface area (TPSA) is 32.8 Å². The van der Waals surface area contributed by atoms with Gasteiger partial charge in [-0.1, -0.05) is 36.8 Å². The molecule has 3 aliphatic heterocycles. The summed E-state index contributed by atoms with van der Waals surface area (Å²) in [5.41, 5.74) is 1.15. The molecule has 0 aliphatic carbocycles. The summed E-state index contributed by atoms with van der Waals surface area (Å²) in [6, 6.07) is 10.9. The van der Waals surface area contributed by atoms with Crippen molar-refractivity contribution in [2.24, 2.45) is 5.92 Å².